The summed E-state index contributed by atoms with van der Waals surface area (Å²) in [7, 11) is 0. The Balaban J connectivity index is 1.06. The van der Waals surface area contributed by atoms with Crippen LogP contribution in [0.1, 0.15) is 0 Å². The normalized spacial score (nSPS) is 11.5. The number of anilines is 3. The van der Waals surface area contributed by atoms with Crippen molar-refractivity contribution >= 4 is 71.3 Å². The third-order valence-electron chi connectivity index (χ3n) is 12.4. The number of rotatable bonds is 7. The highest BCUT2D eigenvalue weighted by Gasteiger charge is 2.22. The van der Waals surface area contributed by atoms with Crippen LogP contribution >= 0.6 is 0 Å². The van der Waals surface area contributed by atoms with Crippen LogP contribution in [0, 0.1) is 0 Å². The molecular formula is C60H39NO. The van der Waals surface area contributed by atoms with Crippen LogP contribution in [0.4, 0.5) is 17.1 Å². The zero-order valence-electron chi connectivity index (χ0n) is 33.9. The van der Waals surface area contributed by atoms with Gasteiger partial charge in [-0.2, -0.15) is 0 Å². The summed E-state index contributed by atoms with van der Waals surface area (Å²) < 4.78 is 6.72. The first-order chi connectivity index (χ1) is 30.7. The van der Waals surface area contributed by atoms with Gasteiger partial charge in [0.25, 0.3) is 0 Å². The highest BCUT2D eigenvalue weighted by Crippen LogP contribution is 2.47. The fourth-order valence-electron chi connectivity index (χ4n) is 9.52. The zero-order valence-corrected chi connectivity index (χ0v) is 33.9. The highest BCUT2D eigenvalue weighted by molar-refractivity contribution is 6.22. The maximum Gasteiger partial charge on any atom is 0.159 e. The molecule has 62 heavy (non-hydrogen) atoms. The SMILES string of the molecule is c1ccc(-c2ccc3cc(N(c4cccc(-c5ccc6c(c5)c(-c5ccccc5)c(-c5ccccc5)c5ccccc56)c4)c4cccc5c4oc4ccccc45)ccc3c2)cc1. The van der Waals surface area contributed by atoms with Gasteiger partial charge in [-0.25, -0.2) is 0 Å². The molecule has 0 radical (unpaired) electrons. The molecule has 2 nitrogen and oxygen atoms in total. The predicted molar refractivity (Wildman–Crippen MR) is 263 cm³/mol. The molecule has 0 aliphatic rings. The van der Waals surface area contributed by atoms with Gasteiger partial charge >= 0.3 is 0 Å². The highest BCUT2D eigenvalue weighted by atomic mass is 16.3. The minimum absolute atomic E-state index is 0.858. The quantitative estimate of drug-likeness (QED) is 0.150. The molecule has 0 aliphatic heterocycles. The maximum atomic E-state index is 6.72. The molecule has 0 N–H and O–H groups in total. The van der Waals surface area contributed by atoms with Gasteiger partial charge in [-0.15, -0.1) is 0 Å². The van der Waals surface area contributed by atoms with E-state index in [1.54, 1.807) is 0 Å². The molecule has 0 fully saturated rings. The second-order valence-electron chi connectivity index (χ2n) is 16.0. The Morgan fingerprint density at radius 3 is 1.56 bits per heavy atom. The molecule has 12 rings (SSSR count). The van der Waals surface area contributed by atoms with Gasteiger partial charge in [-0.05, 0) is 125 Å². The lowest BCUT2D eigenvalue weighted by molar-refractivity contribution is 0.669. The van der Waals surface area contributed by atoms with Crippen molar-refractivity contribution in [3.63, 3.8) is 0 Å². The van der Waals surface area contributed by atoms with Crippen molar-refractivity contribution in [2.45, 2.75) is 0 Å². The van der Waals surface area contributed by atoms with E-state index in [-0.39, 0.29) is 0 Å². The van der Waals surface area contributed by atoms with Gasteiger partial charge in [-0.1, -0.05) is 188 Å². The first kappa shape index (κ1) is 35.7. The van der Waals surface area contributed by atoms with Gasteiger partial charge in [0, 0.05) is 22.1 Å². The van der Waals surface area contributed by atoms with Gasteiger partial charge in [0.05, 0.1) is 5.69 Å². The lowest BCUT2D eigenvalue weighted by Gasteiger charge is -2.26. The molecule has 1 aromatic heterocycles. The van der Waals surface area contributed by atoms with Crippen LogP contribution in [0.2, 0.25) is 0 Å². The molecule has 0 bridgehead atoms. The third-order valence-corrected chi connectivity index (χ3v) is 12.4. The van der Waals surface area contributed by atoms with Gasteiger partial charge in [0.15, 0.2) is 5.58 Å². The molecule has 290 valence electrons. The monoisotopic (exact) mass is 789 g/mol. The Hall–Kier alpha value is -8.20. The number of fused-ring (bicyclic) bond motifs is 7. The van der Waals surface area contributed by atoms with E-state index in [2.05, 4.69) is 235 Å². The summed E-state index contributed by atoms with van der Waals surface area (Å²) in [6.07, 6.45) is 0. The van der Waals surface area contributed by atoms with Crippen molar-refractivity contribution < 1.29 is 4.42 Å². The standard InChI is InChI=1S/C60H39NO/c1-4-16-40(17-5-1)44-30-31-46-38-49(34-32-45(46)36-44)61(56-28-15-27-54-52-25-12-13-29-57(52)62-60(54)56)48-23-14-22-43(37-48)47-33-35-51-50-24-10-11-26-53(50)58(41-18-6-2-7-19-41)59(55(51)39-47)42-20-8-3-9-21-42/h1-39H. The van der Waals surface area contributed by atoms with Gasteiger partial charge in [0.1, 0.15) is 5.58 Å². The van der Waals surface area contributed by atoms with Crippen LogP contribution in [0.3, 0.4) is 0 Å². The van der Waals surface area contributed by atoms with E-state index in [1.165, 1.54) is 65.7 Å². The summed E-state index contributed by atoms with van der Waals surface area (Å²) in [5.74, 6) is 0. The van der Waals surface area contributed by atoms with Gasteiger partial charge in [-0.3, -0.25) is 0 Å². The average Bonchev–Trinajstić information content (AvgIpc) is 3.74. The Kier molecular flexibility index (Phi) is 8.53. The largest absolute Gasteiger partial charge is 0.454 e. The molecule has 0 amide bonds. The van der Waals surface area contributed by atoms with Crippen molar-refractivity contribution in [1.29, 1.82) is 0 Å². The van der Waals surface area contributed by atoms with E-state index in [4.69, 9.17) is 4.42 Å². The van der Waals surface area contributed by atoms with Crippen molar-refractivity contribution in [2.24, 2.45) is 0 Å². The summed E-state index contributed by atoms with van der Waals surface area (Å²) >= 11 is 0. The Labute approximate surface area is 360 Å². The number of nitrogens with zero attached hydrogens (tertiary/aromatic N) is 1. The molecule has 0 atom stereocenters. The fraction of sp³-hybridized carbons (Fsp3) is 0. The number of furan rings is 1. The molecule has 0 saturated carbocycles. The van der Waals surface area contributed by atoms with Crippen LogP contribution in [0.15, 0.2) is 241 Å². The molecule has 1 heterocycles. The van der Waals surface area contributed by atoms with Crippen LogP contribution in [-0.2, 0) is 0 Å². The Bertz CT molecular complexity index is 3630. The molecular weight excluding hydrogens is 751 g/mol. The third kappa shape index (κ3) is 6.04. The number of hydrogen-bond acceptors (Lipinski definition) is 2. The van der Waals surface area contributed by atoms with Crippen molar-refractivity contribution in [2.75, 3.05) is 4.90 Å². The average molecular weight is 790 g/mol. The van der Waals surface area contributed by atoms with Gasteiger partial charge < -0.3 is 9.32 Å². The zero-order chi connectivity index (χ0) is 41.0. The fourth-order valence-corrected chi connectivity index (χ4v) is 9.52. The van der Waals surface area contributed by atoms with Crippen molar-refractivity contribution in [1.82, 2.24) is 0 Å². The summed E-state index contributed by atoms with van der Waals surface area (Å²) in [6.45, 7) is 0. The maximum absolute atomic E-state index is 6.72. The van der Waals surface area contributed by atoms with E-state index >= 15 is 0 Å². The first-order valence-electron chi connectivity index (χ1n) is 21.2. The van der Waals surface area contributed by atoms with E-state index in [0.29, 0.717) is 0 Å². The first-order valence-corrected chi connectivity index (χ1v) is 21.2. The second kappa shape index (κ2) is 14.8. The lowest BCUT2D eigenvalue weighted by atomic mass is 9.84. The Morgan fingerprint density at radius 2 is 0.790 bits per heavy atom. The molecule has 0 saturated heterocycles. The molecule has 12 aromatic rings. The summed E-state index contributed by atoms with van der Waals surface area (Å²) in [5.41, 5.74) is 14.4. The topological polar surface area (TPSA) is 16.4 Å². The minimum Gasteiger partial charge on any atom is -0.454 e. The smallest absolute Gasteiger partial charge is 0.159 e. The van der Waals surface area contributed by atoms with Crippen molar-refractivity contribution in [3.8, 4) is 44.5 Å². The summed E-state index contributed by atoms with van der Waals surface area (Å²) in [6, 6.07) is 85.5. The predicted octanol–water partition coefficient (Wildman–Crippen LogP) is 17.2. The van der Waals surface area contributed by atoms with Gasteiger partial charge in [0.2, 0.25) is 0 Å². The van der Waals surface area contributed by atoms with Crippen LogP contribution < -0.4 is 4.90 Å². The van der Waals surface area contributed by atoms with Crippen LogP contribution in [-0.4, -0.2) is 0 Å². The molecule has 11 aromatic carbocycles. The molecule has 0 unspecified atom stereocenters. The van der Waals surface area contributed by atoms with E-state index in [9.17, 15) is 0 Å². The number of para-hydroxylation sites is 2. The van der Waals surface area contributed by atoms with Crippen LogP contribution in [0.5, 0.6) is 0 Å². The summed E-state index contributed by atoms with van der Waals surface area (Å²) in [5, 5.41) is 9.53. The number of benzene rings is 11. The van der Waals surface area contributed by atoms with E-state index in [0.717, 1.165) is 50.1 Å². The number of hydrogen-bond donors (Lipinski definition) is 0. The van der Waals surface area contributed by atoms with Crippen molar-refractivity contribution in [3.05, 3.63) is 237 Å². The molecule has 0 aliphatic carbocycles. The Morgan fingerprint density at radius 1 is 0.274 bits per heavy atom. The second-order valence-corrected chi connectivity index (χ2v) is 16.0. The van der Waals surface area contributed by atoms with E-state index in [1.807, 2.05) is 6.07 Å². The van der Waals surface area contributed by atoms with E-state index < -0.39 is 0 Å². The molecule has 0 spiro atoms. The van der Waals surface area contributed by atoms with Crippen LogP contribution in [0.25, 0.3) is 98.8 Å². The lowest BCUT2D eigenvalue weighted by Crippen LogP contribution is -2.10. The molecule has 2 heteroatoms. The summed E-state index contributed by atoms with van der Waals surface area (Å²) in [4.78, 5) is 2.36. The minimum atomic E-state index is 0.858.